The number of aryl methyl sites for hydroxylation is 1. The van der Waals surface area contributed by atoms with Gasteiger partial charge in [-0.05, 0) is 13.0 Å². The number of alkyl halides is 3. The first kappa shape index (κ1) is 15.2. The van der Waals surface area contributed by atoms with E-state index in [1.54, 1.807) is 12.3 Å². The van der Waals surface area contributed by atoms with E-state index < -0.39 is 29.8 Å². The van der Waals surface area contributed by atoms with Crippen LogP contribution in [0, 0.1) is 6.92 Å². The summed E-state index contributed by atoms with van der Waals surface area (Å²) in [6, 6.07) is 1.46. The quantitative estimate of drug-likeness (QED) is 0.944. The molecule has 0 aromatic carbocycles. The van der Waals surface area contributed by atoms with Gasteiger partial charge in [0.05, 0.1) is 11.3 Å². The summed E-state index contributed by atoms with van der Waals surface area (Å²) in [5.41, 5.74) is -0.958. The van der Waals surface area contributed by atoms with Gasteiger partial charge in [0.1, 0.15) is 6.54 Å². The second-order valence-corrected chi connectivity index (χ2v) is 5.08. The number of aromatic nitrogens is 2. The highest BCUT2D eigenvalue weighted by Crippen LogP contribution is 2.28. The third kappa shape index (κ3) is 3.91. The van der Waals surface area contributed by atoms with E-state index in [0.29, 0.717) is 27.7 Å². The molecule has 0 aliphatic rings. The number of halogens is 3. The molecule has 0 radical (unpaired) electrons. The molecule has 0 aliphatic carbocycles. The lowest BCUT2D eigenvalue weighted by molar-refractivity contribution is -0.138. The minimum Gasteiger partial charge on any atom is -0.305 e. The summed E-state index contributed by atoms with van der Waals surface area (Å²) in [5.74, 6) is -0.620. The van der Waals surface area contributed by atoms with Gasteiger partial charge < -0.3 is 9.88 Å². The third-order valence-electron chi connectivity index (χ3n) is 2.49. The first-order valence-electron chi connectivity index (χ1n) is 5.75. The van der Waals surface area contributed by atoms with Crippen LogP contribution in [0.3, 0.4) is 0 Å². The average Bonchev–Trinajstić information content (AvgIpc) is 2.76. The Labute approximate surface area is 121 Å². The molecule has 1 amide bonds. The molecule has 0 saturated heterocycles. The molecule has 21 heavy (non-hydrogen) atoms. The summed E-state index contributed by atoms with van der Waals surface area (Å²) in [7, 11) is 0. The molecule has 0 spiro atoms. The lowest BCUT2D eigenvalue weighted by Crippen LogP contribution is -2.28. The largest absolute Gasteiger partial charge is 0.417 e. The highest BCUT2D eigenvalue weighted by atomic mass is 32.1. The molecule has 2 rings (SSSR count). The predicted octanol–water partition coefficient (Wildman–Crippen LogP) is 2.27. The molecule has 2 aromatic rings. The zero-order valence-corrected chi connectivity index (χ0v) is 11.6. The lowest BCUT2D eigenvalue weighted by atomic mass is 10.3. The van der Waals surface area contributed by atoms with Gasteiger partial charge >= 0.3 is 6.18 Å². The van der Waals surface area contributed by atoms with Crippen LogP contribution in [0.1, 0.15) is 11.3 Å². The van der Waals surface area contributed by atoms with Gasteiger partial charge in [-0.1, -0.05) is 0 Å². The van der Waals surface area contributed by atoms with E-state index in [0.717, 1.165) is 6.07 Å². The van der Waals surface area contributed by atoms with Crippen molar-refractivity contribution in [1.29, 1.82) is 0 Å². The van der Waals surface area contributed by atoms with Crippen LogP contribution in [-0.4, -0.2) is 15.5 Å². The Morgan fingerprint density at radius 2 is 2.14 bits per heavy atom. The van der Waals surface area contributed by atoms with Crippen molar-refractivity contribution < 1.29 is 18.0 Å². The number of pyridine rings is 1. The number of hydrogen-bond acceptors (Lipinski definition) is 4. The van der Waals surface area contributed by atoms with Crippen LogP contribution in [0.25, 0.3) is 0 Å². The van der Waals surface area contributed by atoms with Gasteiger partial charge in [0, 0.05) is 17.6 Å². The highest BCUT2D eigenvalue weighted by Gasteiger charge is 2.31. The summed E-state index contributed by atoms with van der Waals surface area (Å²) in [5, 5.41) is 4.47. The van der Waals surface area contributed by atoms with Crippen LogP contribution in [0.2, 0.25) is 0 Å². The molecule has 0 saturated carbocycles. The maximum absolute atomic E-state index is 12.6. The third-order valence-corrected chi connectivity index (χ3v) is 3.37. The van der Waals surface area contributed by atoms with Crippen molar-refractivity contribution in [2.45, 2.75) is 19.6 Å². The molecule has 0 aliphatic heterocycles. The Hall–Kier alpha value is -2.16. The van der Waals surface area contributed by atoms with E-state index in [1.165, 1.54) is 11.3 Å². The predicted molar refractivity (Wildman–Crippen MR) is 71.2 cm³/mol. The van der Waals surface area contributed by atoms with Crippen LogP contribution in [0.5, 0.6) is 0 Å². The number of hydrogen-bond donors (Lipinski definition) is 1. The second-order valence-electron chi connectivity index (χ2n) is 4.22. The number of carbonyl (C=O) groups is 1. The molecule has 0 bridgehead atoms. The average molecular weight is 317 g/mol. The zero-order chi connectivity index (χ0) is 15.6. The lowest BCUT2D eigenvalue weighted by Gasteiger charge is -2.10. The summed E-state index contributed by atoms with van der Waals surface area (Å²) >= 11 is 1.19. The van der Waals surface area contributed by atoms with Crippen LogP contribution >= 0.6 is 11.3 Å². The Bertz CT molecular complexity index is 721. The molecule has 0 unspecified atom stereocenters. The first-order chi connectivity index (χ1) is 9.75. The molecule has 0 atom stereocenters. The number of thiazole rings is 1. The minimum absolute atomic E-state index is 0.331. The van der Waals surface area contributed by atoms with Crippen molar-refractivity contribution >= 4 is 22.4 Å². The van der Waals surface area contributed by atoms with Crippen molar-refractivity contribution in [2.75, 3.05) is 5.32 Å². The highest BCUT2D eigenvalue weighted by molar-refractivity contribution is 7.13. The molecule has 112 valence electrons. The topological polar surface area (TPSA) is 64.0 Å². The van der Waals surface area contributed by atoms with E-state index in [4.69, 9.17) is 0 Å². The van der Waals surface area contributed by atoms with Gasteiger partial charge in [-0.15, -0.1) is 11.3 Å². The molecule has 0 fully saturated rings. The molecule has 1 N–H and O–H groups in total. The maximum Gasteiger partial charge on any atom is 0.417 e. The fourth-order valence-electron chi connectivity index (χ4n) is 1.55. The molecular formula is C12H10F3N3O2S. The Kier molecular flexibility index (Phi) is 4.12. The number of anilines is 1. The Morgan fingerprint density at radius 1 is 1.43 bits per heavy atom. The van der Waals surface area contributed by atoms with Crippen molar-refractivity contribution in [1.82, 2.24) is 9.55 Å². The maximum atomic E-state index is 12.6. The van der Waals surface area contributed by atoms with Gasteiger partial charge in [0.2, 0.25) is 5.91 Å². The fourth-order valence-corrected chi connectivity index (χ4v) is 2.25. The normalized spacial score (nSPS) is 11.4. The van der Waals surface area contributed by atoms with Crippen LogP contribution in [-0.2, 0) is 17.5 Å². The SMILES string of the molecule is Cc1csc(NC(=O)Cn2cc(C(F)(F)F)ccc2=O)n1. The number of nitrogens with one attached hydrogen (secondary N) is 1. The van der Waals surface area contributed by atoms with E-state index in [9.17, 15) is 22.8 Å². The van der Waals surface area contributed by atoms with Gasteiger partial charge in [-0.25, -0.2) is 4.98 Å². The molecule has 9 heteroatoms. The van der Waals surface area contributed by atoms with Crippen LogP contribution < -0.4 is 10.9 Å². The number of amides is 1. The zero-order valence-electron chi connectivity index (χ0n) is 10.8. The van der Waals surface area contributed by atoms with E-state index in [2.05, 4.69) is 10.3 Å². The van der Waals surface area contributed by atoms with E-state index in [-0.39, 0.29) is 0 Å². The molecular weight excluding hydrogens is 307 g/mol. The molecule has 2 aromatic heterocycles. The number of nitrogens with zero attached hydrogens (tertiary/aromatic N) is 2. The van der Waals surface area contributed by atoms with Gasteiger partial charge in [0.15, 0.2) is 5.13 Å². The molecule has 5 nitrogen and oxygen atoms in total. The van der Waals surface area contributed by atoms with Crippen molar-refractivity contribution in [3.8, 4) is 0 Å². The van der Waals surface area contributed by atoms with Crippen molar-refractivity contribution in [3.05, 3.63) is 45.3 Å². The second kappa shape index (κ2) is 5.68. The summed E-state index contributed by atoms with van der Waals surface area (Å²) < 4.78 is 38.4. The van der Waals surface area contributed by atoms with Crippen LogP contribution in [0.4, 0.5) is 18.3 Å². The Morgan fingerprint density at radius 3 is 2.71 bits per heavy atom. The fraction of sp³-hybridized carbons (Fsp3) is 0.250. The molecule has 2 heterocycles. The van der Waals surface area contributed by atoms with Crippen molar-refractivity contribution in [3.63, 3.8) is 0 Å². The van der Waals surface area contributed by atoms with E-state index in [1.807, 2.05) is 0 Å². The summed E-state index contributed by atoms with van der Waals surface area (Å²) in [6.45, 7) is 1.23. The minimum atomic E-state index is -4.57. The Balaban J connectivity index is 2.15. The number of rotatable bonds is 3. The van der Waals surface area contributed by atoms with Gasteiger partial charge in [-0.3, -0.25) is 9.59 Å². The number of carbonyl (C=O) groups excluding carboxylic acids is 1. The van der Waals surface area contributed by atoms with E-state index >= 15 is 0 Å². The standard InChI is InChI=1S/C12H10F3N3O2S/c1-7-6-21-11(16-7)17-9(19)5-18-4-8(12(13,14)15)2-3-10(18)20/h2-4,6H,5H2,1H3,(H,16,17,19). The van der Waals surface area contributed by atoms with Crippen molar-refractivity contribution in [2.24, 2.45) is 0 Å². The monoisotopic (exact) mass is 317 g/mol. The first-order valence-corrected chi connectivity index (χ1v) is 6.63. The smallest absolute Gasteiger partial charge is 0.305 e. The van der Waals surface area contributed by atoms with Gasteiger partial charge in [0.25, 0.3) is 5.56 Å². The summed E-state index contributed by atoms with van der Waals surface area (Å²) in [6.07, 6.45) is -3.95. The van der Waals surface area contributed by atoms with Gasteiger partial charge in [-0.2, -0.15) is 13.2 Å². The van der Waals surface area contributed by atoms with Crippen LogP contribution in [0.15, 0.2) is 28.5 Å². The summed E-state index contributed by atoms with van der Waals surface area (Å²) in [4.78, 5) is 27.2.